The van der Waals surface area contributed by atoms with Crippen molar-refractivity contribution in [1.29, 1.82) is 0 Å². The van der Waals surface area contributed by atoms with Gasteiger partial charge in [-0.05, 0) is 18.8 Å². The Bertz CT molecular complexity index is 608. The predicted octanol–water partition coefficient (Wildman–Crippen LogP) is 3.17. The first kappa shape index (κ1) is 13.2. The maximum atomic E-state index is 5.79. The van der Waals surface area contributed by atoms with Crippen LogP contribution in [0.2, 0.25) is 0 Å². The molecule has 4 heteroatoms. The van der Waals surface area contributed by atoms with Crippen LogP contribution >= 0.6 is 0 Å². The molecule has 0 spiro atoms. The average molecular weight is 270 g/mol. The second kappa shape index (κ2) is 5.65. The number of fused-ring (bicyclic) bond motifs is 1. The Morgan fingerprint density at radius 3 is 2.90 bits per heavy atom. The maximum Gasteiger partial charge on any atom is 0.158 e. The highest BCUT2D eigenvalue weighted by Gasteiger charge is 2.15. The van der Waals surface area contributed by atoms with E-state index in [0.29, 0.717) is 5.70 Å². The molecular weight excluding hydrogens is 248 g/mol. The van der Waals surface area contributed by atoms with E-state index in [0.717, 1.165) is 29.4 Å². The van der Waals surface area contributed by atoms with E-state index in [1.54, 1.807) is 0 Å². The van der Waals surface area contributed by atoms with Gasteiger partial charge in [-0.1, -0.05) is 38.7 Å². The third-order valence-corrected chi connectivity index (χ3v) is 4.29. The lowest BCUT2D eigenvalue weighted by Crippen LogP contribution is -2.10. The number of hydrogen-bond acceptors (Lipinski definition) is 3. The molecule has 4 nitrogen and oxygen atoms in total. The Balaban J connectivity index is 1.81. The van der Waals surface area contributed by atoms with Crippen molar-refractivity contribution in [2.45, 2.75) is 44.9 Å². The van der Waals surface area contributed by atoms with Crippen LogP contribution < -0.4 is 5.73 Å². The van der Waals surface area contributed by atoms with E-state index in [1.807, 2.05) is 23.0 Å². The molecule has 0 unspecified atom stereocenters. The lowest BCUT2D eigenvalue weighted by molar-refractivity contribution is 0.338. The molecule has 1 aliphatic carbocycles. The van der Waals surface area contributed by atoms with Gasteiger partial charge in [0.1, 0.15) is 5.69 Å². The van der Waals surface area contributed by atoms with Crippen molar-refractivity contribution in [3.8, 4) is 0 Å². The molecule has 3 rings (SSSR count). The van der Waals surface area contributed by atoms with Crippen molar-refractivity contribution in [1.82, 2.24) is 14.4 Å². The Morgan fingerprint density at radius 2 is 2.15 bits per heavy atom. The summed E-state index contributed by atoms with van der Waals surface area (Å²) in [5, 5.41) is 0. The molecule has 1 saturated carbocycles. The summed E-state index contributed by atoms with van der Waals surface area (Å²) in [6.07, 6.45) is 14.7. The van der Waals surface area contributed by atoms with Crippen LogP contribution in [0.25, 0.3) is 11.3 Å². The van der Waals surface area contributed by atoms with Gasteiger partial charge >= 0.3 is 0 Å². The molecule has 0 aromatic carbocycles. The minimum absolute atomic E-state index is 0.513. The van der Waals surface area contributed by atoms with Crippen LogP contribution in [0.3, 0.4) is 0 Å². The fraction of sp³-hybridized carbons (Fsp3) is 0.500. The van der Waals surface area contributed by atoms with Crippen molar-refractivity contribution in [2.24, 2.45) is 11.7 Å². The molecule has 0 radical (unpaired) electrons. The number of rotatable bonds is 4. The first-order chi connectivity index (χ1) is 9.74. The van der Waals surface area contributed by atoms with E-state index in [4.69, 9.17) is 5.73 Å². The number of imidazole rings is 1. The second-order valence-corrected chi connectivity index (χ2v) is 5.80. The Hall–Kier alpha value is -1.84. The van der Waals surface area contributed by atoms with Crippen LogP contribution in [0.4, 0.5) is 0 Å². The third kappa shape index (κ3) is 2.69. The first-order valence-corrected chi connectivity index (χ1v) is 7.51. The lowest BCUT2D eigenvalue weighted by atomic mass is 9.86. The van der Waals surface area contributed by atoms with Crippen LogP contribution in [0.15, 0.2) is 25.2 Å². The molecular formula is C16H22N4. The minimum atomic E-state index is 0.513. The van der Waals surface area contributed by atoms with Crippen molar-refractivity contribution < 1.29 is 0 Å². The summed E-state index contributed by atoms with van der Waals surface area (Å²) in [5.74, 6) is 0.852. The van der Waals surface area contributed by atoms with Gasteiger partial charge in [-0.2, -0.15) is 0 Å². The first-order valence-electron chi connectivity index (χ1n) is 7.51. The zero-order valence-electron chi connectivity index (χ0n) is 11.9. The Kier molecular flexibility index (Phi) is 3.72. The molecule has 106 valence electrons. The zero-order valence-corrected chi connectivity index (χ0v) is 11.9. The van der Waals surface area contributed by atoms with Crippen LogP contribution in [-0.4, -0.2) is 14.4 Å². The van der Waals surface area contributed by atoms with Gasteiger partial charge in [-0.25, -0.2) is 9.97 Å². The number of aromatic nitrogens is 3. The summed E-state index contributed by atoms with van der Waals surface area (Å²) in [6.45, 7) is 3.79. The van der Waals surface area contributed by atoms with Crippen molar-refractivity contribution in [2.75, 3.05) is 0 Å². The maximum absolute atomic E-state index is 5.79. The van der Waals surface area contributed by atoms with Crippen LogP contribution in [0, 0.1) is 5.92 Å². The summed E-state index contributed by atoms with van der Waals surface area (Å²) in [6, 6.07) is 0. The van der Waals surface area contributed by atoms with Gasteiger partial charge in [0.2, 0.25) is 0 Å². The highest BCUT2D eigenvalue weighted by molar-refractivity contribution is 5.58. The lowest BCUT2D eigenvalue weighted by Gasteiger charge is -2.21. The average Bonchev–Trinajstić information content (AvgIpc) is 2.94. The molecule has 0 aliphatic heterocycles. The van der Waals surface area contributed by atoms with Gasteiger partial charge in [-0.15, -0.1) is 0 Å². The van der Waals surface area contributed by atoms with Crippen molar-refractivity contribution in [3.05, 3.63) is 36.6 Å². The van der Waals surface area contributed by atoms with E-state index in [9.17, 15) is 0 Å². The Morgan fingerprint density at radius 1 is 1.35 bits per heavy atom. The summed E-state index contributed by atoms with van der Waals surface area (Å²) in [5.41, 5.74) is 9.06. The molecule has 2 aromatic heterocycles. The molecule has 2 aromatic rings. The highest BCUT2D eigenvalue weighted by Crippen LogP contribution is 2.27. The van der Waals surface area contributed by atoms with Crippen LogP contribution in [0.5, 0.6) is 0 Å². The van der Waals surface area contributed by atoms with Crippen LogP contribution in [0.1, 0.15) is 49.9 Å². The number of hydrogen-bond donors (Lipinski definition) is 1. The molecule has 2 N–H and O–H groups in total. The standard InChI is InChI=1S/C16H22N4/c1-12(17)15-11-20-10-9-18-16(20)14(19-15)8-7-13-5-3-2-4-6-13/h9-11,13H,1-8,17H2. The number of nitrogens with two attached hydrogens (primary N) is 1. The molecule has 20 heavy (non-hydrogen) atoms. The van der Waals surface area contributed by atoms with Crippen LogP contribution in [-0.2, 0) is 6.42 Å². The summed E-state index contributed by atoms with van der Waals surface area (Å²) < 4.78 is 2.00. The number of aryl methyl sites for hydroxylation is 1. The largest absolute Gasteiger partial charge is 0.397 e. The molecule has 0 atom stereocenters. The fourth-order valence-electron chi connectivity index (χ4n) is 3.14. The molecule has 0 saturated heterocycles. The van der Waals surface area contributed by atoms with Gasteiger partial charge in [0.05, 0.1) is 11.4 Å². The van der Waals surface area contributed by atoms with Crippen molar-refractivity contribution in [3.63, 3.8) is 0 Å². The summed E-state index contributed by atoms with van der Waals surface area (Å²) in [7, 11) is 0. The molecule has 0 bridgehead atoms. The monoisotopic (exact) mass is 270 g/mol. The molecule has 1 aliphatic rings. The zero-order chi connectivity index (χ0) is 13.9. The minimum Gasteiger partial charge on any atom is -0.397 e. The summed E-state index contributed by atoms with van der Waals surface area (Å²) >= 11 is 0. The number of nitrogens with zero attached hydrogens (tertiary/aromatic N) is 3. The van der Waals surface area contributed by atoms with E-state index in [1.165, 1.54) is 38.5 Å². The summed E-state index contributed by atoms with van der Waals surface area (Å²) in [4.78, 5) is 9.06. The normalized spacial score (nSPS) is 16.6. The smallest absolute Gasteiger partial charge is 0.158 e. The molecule has 0 amide bonds. The Labute approximate surface area is 119 Å². The van der Waals surface area contributed by atoms with Gasteiger partial charge in [0.15, 0.2) is 5.65 Å². The highest BCUT2D eigenvalue weighted by atomic mass is 15.0. The van der Waals surface area contributed by atoms with Gasteiger partial charge in [-0.3, -0.25) is 0 Å². The second-order valence-electron chi connectivity index (χ2n) is 5.80. The SMILES string of the molecule is C=C(N)c1cn2ccnc2c(CCC2CCCCC2)n1. The fourth-order valence-corrected chi connectivity index (χ4v) is 3.14. The molecule has 2 heterocycles. The van der Waals surface area contributed by atoms with Gasteiger partial charge in [0.25, 0.3) is 0 Å². The van der Waals surface area contributed by atoms with Crippen molar-refractivity contribution >= 4 is 11.3 Å². The quantitative estimate of drug-likeness (QED) is 0.928. The van der Waals surface area contributed by atoms with E-state index >= 15 is 0 Å². The van der Waals surface area contributed by atoms with Gasteiger partial charge < -0.3 is 10.1 Å². The van der Waals surface area contributed by atoms with E-state index in [2.05, 4.69) is 16.5 Å². The third-order valence-electron chi connectivity index (χ3n) is 4.29. The van der Waals surface area contributed by atoms with E-state index < -0.39 is 0 Å². The topological polar surface area (TPSA) is 56.2 Å². The molecule has 1 fully saturated rings. The van der Waals surface area contributed by atoms with Gasteiger partial charge in [0, 0.05) is 18.6 Å². The predicted molar refractivity (Wildman–Crippen MR) is 81.1 cm³/mol. The van der Waals surface area contributed by atoms with E-state index in [-0.39, 0.29) is 0 Å².